The van der Waals surface area contributed by atoms with Crippen molar-refractivity contribution in [2.45, 2.75) is 19.9 Å². The molecule has 1 aromatic rings. The lowest BCUT2D eigenvalue weighted by Gasteiger charge is -2.19. The van der Waals surface area contributed by atoms with E-state index in [9.17, 15) is 0 Å². The maximum atomic E-state index is 5.48. The second-order valence-corrected chi connectivity index (χ2v) is 4.53. The fourth-order valence-electron chi connectivity index (χ4n) is 2.38. The molecule has 0 radical (unpaired) electrons. The molecule has 96 valence electrons. The third kappa shape index (κ3) is 2.79. The monoisotopic (exact) mass is 238 g/mol. The summed E-state index contributed by atoms with van der Waals surface area (Å²) < 4.78 is 7.39. The van der Waals surface area contributed by atoms with E-state index >= 15 is 0 Å². The van der Waals surface area contributed by atoms with Gasteiger partial charge >= 0.3 is 0 Å². The lowest BCUT2D eigenvalue weighted by Crippen LogP contribution is -2.26. The molecule has 1 saturated heterocycles. The van der Waals surface area contributed by atoms with E-state index in [2.05, 4.69) is 22.2 Å². The Balaban J connectivity index is 2.11. The van der Waals surface area contributed by atoms with Gasteiger partial charge in [0.15, 0.2) is 0 Å². The number of nitrogens with one attached hydrogen (secondary N) is 1. The fourth-order valence-corrected chi connectivity index (χ4v) is 2.38. The lowest BCUT2D eigenvalue weighted by molar-refractivity contribution is 0.140. The van der Waals surface area contributed by atoms with Gasteiger partial charge in [0.1, 0.15) is 5.82 Å². The molecule has 0 spiro atoms. The van der Waals surface area contributed by atoms with E-state index in [1.54, 1.807) is 0 Å². The topological polar surface area (TPSA) is 42.3 Å². The average molecular weight is 238 g/mol. The van der Waals surface area contributed by atoms with Crippen molar-refractivity contribution in [1.82, 2.24) is 14.7 Å². The van der Waals surface area contributed by atoms with Gasteiger partial charge in [-0.1, -0.05) is 0 Å². The highest BCUT2D eigenvalue weighted by atomic mass is 16.5. The van der Waals surface area contributed by atoms with E-state index in [1.165, 1.54) is 5.56 Å². The van der Waals surface area contributed by atoms with E-state index < -0.39 is 0 Å². The molecule has 0 atom stereocenters. The molecule has 2 rings (SSSR count). The number of anilines is 1. The van der Waals surface area contributed by atoms with Crippen molar-refractivity contribution in [1.29, 1.82) is 0 Å². The molecule has 0 saturated carbocycles. The van der Waals surface area contributed by atoms with Crippen LogP contribution in [-0.4, -0.2) is 48.0 Å². The summed E-state index contributed by atoms with van der Waals surface area (Å²) in [5.74, 6) is 1.12. The van der Waals surface area contributed by atoms with Crippen molar-refractivity contribution in [3.05, 3.63) is 11.3 Å². The summed E-state index contributed by atoms with van der Waals surface area (Å²) in [6.07, 6.45) is 1.12. The van der Waals surface area contributed by atoms with Gasteiger partial charge in [-0.15, -0.1) is 0 Å². The molecule has 1 aliphatic rings. The van der Waals surface area contributed by atoms with Crippen LogP contribution in [0.2, 0.25) is 0 Å². The van der Waals surface area contributed by atoms with Crippen molar-refractivity contribution in [2.75, 3.05) is 38.7 Å². The van der Waals surface area contributed by atoms with Crippen LogP contribution < -0.4 is 5.32 Å². The van der Waals surface area contributed by atoms with Gasteiger partial charge in [0.05, 0.1) is 12.3 Å². The first-order valence-corrected chi connectivity index (χ1v) is 6.22. The number of hydrogen-bond donors (Lipinski definition) is 1. The number of rotatable bonds is 3. The molecule has 0 amide bonds. The van der Waals surface area contributed by atoms with Crippen molar-refractivity contribution < 1.29 is 4.74 Å². The molecule has 0 bridgehead atoms. The van der Waals surface area contributed by atoms with Crippen LogP contribution >= 0.6 is 0 Å². The molecule has 17 heavy (non-hydrogen) atoms. The van der Waals surface area contributed by atoms with Crippen LogP contribution in [-0.2, 0) is 18.3 Å². The van der Waals surface area contributed by atoms with E-state index in [0.717, 1.165) is 50.8 Å². The van der Waals surface area contributed by atoms with Crippen LogP contribution in [0, 0.1) is 6.92 Å². The van der Waals surface area contributed by atoms with Crippen molar-refractivity contribution in [3.63, 3.8) is 0 Å². The fraction of sp³-hybridized carbons (Fsp3) is 0.750. The molecule has 5 nitrogen and oxygen atoms in total. The van der Waals surface area contributed by atoms with Crippen molar-refractivity contribution >= 4 is 5.82 Å². The zero-order valence-corrected chi connectivity index (χ0v) is 11.0. The second kappa shape index (κ2) is 5.51. The summed E-state index contributed by atoms with van der Waals surface area (Å²) in [5.41, 5.74) is 2.42. The van der Waals surface area contributed by atoms with Crippen LogP contribution in [0.5, 0.6) is 0 Å². The Labute approximate surface area is 103 Å². The molecule has 5 heteroatoms. The summed E-state index contributed by atoms with van der Waals surface area (Å²) in [6, 6.07) is 0. The minimum Gasteiger partial charge on any atom is -0.380 e. The molecule has 0 unspecified atom stereocenters. The highest BCUT2D eigenvalue weighted by Gasteiger charge is 2.16. The average Bonchev–Trinajstić information content (AvgIpc) is 2.50. The van der Waals surface area contributed by atoms with Gasteiger partial charge < -0.3 is 10.1 Å². The maximum absolute atomic E-state index is 5.48. The molecular weight excluding hydrogens is 216 g/mol. The molecule has 1 aromatic heterocycles. The summed E-state index contributed by atoms with van der Waals surface area (Å²) in [6.45, 7) is 6.88. The maximum Gasteiger partial charge on any atom is 0.128 e. The highest BCUT2D eigenvalue weighted by Crippen LogP contribution is 2.20. The van der Waals surface area contributed by atoms with Gasteiger partial charge in [0.25, 0.3) is 0 Å². The van der Waals surface area contributed by atoms with Gasteiger partial charge in [-0.05, 0) is 13.3 Å². The van der Waals surface area contributed by atoms with Gasteiger partial charge in [-0.2, -0.15) is 5.10 Å². The number of ether oxygens (including phenoxy) is 1. The summed E-state index contributed by atoms with van der Waals surface area (Å²) in [5, 5.41) is 7.70. The minimum absolute atomic E-state index is 0.841. The van der Waals surface area contributed by atoms with E-state index in [0.29, 0.717) is 0 Å². The van der Waals surface area contributed by atoms with Crippen molar-refractivity contribution in [3.8, 4) is 0 Å². The Hall–Kier alpha value is -1.07. The number of aromatic nitrogens is 2. The summed E-state index contributed by atoms with van der Waals surface area (Å²) in [4.78, 5) is 2.44. The van der Waals surface area contributed by atoms with Crippen LogP contribution in [0.1, 0.15) is 17.7 Å². The van der Waals surface area contributed by atoms with Gasteiger partial charge in [0, 0.05) is 45.9 Å². The number of nitrogens with zero attached hydrogens (tertiary/aromatic N) is 3. The Morgan fingerprint density at radius 2 is 2.18 bits per heavy atom. The predicted octanol–water partition coefficient (Wildman–Crippen LogP) is 0.993. The molecule has 1 aliphatic heterocycles. The Morgan fingerprint density at radius 1 is 1.35 bits per heavy atom. The largest absolute Gasteiger partial charge is 0.380 e. The predicted molar refractivity (Wildman–Crippen MR) is 68.2 cm³/mol. The molecule has 0 aliphatic carbocycles. The zero-order valence-electron chi connectivity index (χ0n) is 11.0. The van der Waals surface area contributed by atoms with Gasteiger partial charge in [-0.3, -0.25) is 9.58 Å². The Kier molecular flexibility index (Phi) is 4.02. The standard InChI is InChI=1S/C12H22N4O/c1-10-11(12(13-2)15(3)14-10)9-16-5-4-7-17-8-6-16/h13H,4-9H2,1-3H3. The van der Waals surface area contributed by atoms with E-state index in [1.807, 2.05) is 18.8 Å². The van der Waals surface area contributed by atoms with E-state index in [4.69, 9.17) is 4.74 Å². The first-order chi connectivity index (χ1) is 8.22. The normalized spacial score (nSPS) is 18.1. The molecule has 1 fully saturated rings. The van der Waals surface area contributed by atoms with Gasteiger partial charge in [0.2, 0.25) is 0 Å². The number of aryl methyl sites for hydroxylation is 2. The highest BCUT2D eigenvalue weighted by molar-refractivity contribution is 5.46. The molecular formula is C12H22N4O. The van der Waals surface area contributed by atoms with E-state index in [-0.39, 0.29) is 0 Å². The second-order valence-electron chi connectivity index (χ2n) is 4.53. The van der Waals surface area contributed by atoms with Crippen LogP contribution in [0.15, 0.2) is 0 Å². The zero-order chi connectivity index (χ0) is 12.3. The third-order valence-corrected chi connectivity index (χ3v) is 3.28. The third-order valence-electron chi connectivity index (χ3n) is 3.28. The number of hydrogen-bond acceptors (Lipinski definition) is 4. The molecule has 1 N–H and O–H groups in total. The van der Waals surface area contributed by atoms with Crippen molar-refractivity contribution in [2.24, 2.45) is 7.05 Å². The first kappa shape index (κ1) is 12.4. The Bertz CT molecular complexity index is 367. The van der Waals surface area contributed by atoms with Gasteiger partial charge in [-0.25, -0.2) is 0 Å². The molecule has 2 heterocycles. The smallest absolute Gasteiger partial charge is 0.128 e. The Morgan fingerprint density at radius 3 is 2.94 bits per heavy atom. The summed E-state index contributed by atoms with van der Waals surface area (Å²) >= 11 is 0. The minimum atomic E-state index is 0.841. The quantitative estimate of drug-likeness (QED) is 0.853. The lowest BCUT2D eigenvalue weighted by atomic mass is 10.2. The first-order valence-electron chi connectivity index (χ1n) is 6.22. The SMILES string of the molecule is CNc1c(CN2CCCOCC2)c(C)nn1C. The van der Waals surface area contributed by atoms with Crippen LogP contribution in [0.3, 0.4) is 0 Å². The summed E-state index contributed by atoms with van der Waals surface area (Å²) in [7, 11) is 3.93. The van der Waals surface area contributed by atoms with Crippen LogP contribution in [0.4, 0.5) is 5.82 Å². The molecule has 0 aromatic carbocycles. The van der Waals surface area contributed by atoms with Crippen LogP contribution in [0.25, 0.3) is 0 Å².